The Labute approximate surface area is 170 Å². The van der Waals surface area contributed by atoms with Crippen LogP contribution in [0.15, 0.2) is 52.3 Å². The van der Waals surface area contributed by atoms with Crippen molar-refractivity contribution in [3.63, 3.8) is 0 Å². The van der Waals surface area contributed by atoms with E-state index in [0.29, 0.717) is 0 Å². The third kappa shape index (κ3) is 5.44. The van der Waals surface area contributed by atoms with Crippen LogP contribution in [0.3, 0.4) is 0 Å². The number of hydrogen-bond donors (Lipinski definition) is 0. The Morgan fingerprint density at radius 3 is 2.15 bits per heavy atom. The lowest BCUT2D eigenvalue weighted by atomic mass is 10.0. The van der Waals surface area contributed by atoms with Crippen LogP contribution >= 0.6 is 27.3 Å². The normalized spacial score (nSPS) is 11.3. The topological polar surface area (TPSA) is 0 Å². The first-order chi connectivity index (χ1) is 12.8. The third-order valence-corrected chi connectivity index (χ3v) is 7.04. The summed E-state index contributed by atoms with van der Waals surface area (Å²) in [5.41, 5.74) is 4.10. The van der Waals surface area contributed by atoms with Crippen molar-refractivity contribution in [2.45, 2.75) is 64.7 Å². The molecule has 0 saturated heterocycles. The van der Waals surface area contributed by atoms with E-state index in [2.05, 4.69) is 70.7 Å². The van der Waals surface area contributed by atoms with Gasteiger partial charge in [0.2, 0.25) is 0 Å². The first-order valence-corrected chi connectivity index (χ1v) is 11.7. The number of halogens is 1. The average molecular weight is 429 g/mol. The van der Waals surface area contributed by atoms with Crippen LogP contribution < -0.4 is 0 Å². The standard InChI is InChI=1S/C24H29BrS/c1-2-3-4-5-6-7-8-9-10-19-11-13-20(14-12-19)21-15-16-22-23(25)18-26-24(22)17-21/h11-18H,2-10H2,1H3. The summed E-state index contributed by atoms with van der Waals surface area (Å²) in [6.45, 7) is 2.28. The number of benzene rings is 2. The largest absolute Gasteiger partial charge is 0.143 e. The number of fused-ring (bicyclic) bond motifs is 1. The van der Waals surface area contributed by atoms with Crippen molar-refractivity contribution in [2.75, 3.05) is 0 Å². The Balaban J connectivity index is 1.47. The number of rotatable bonds is 10. The Morgan fingerprint density at radius 2 is 1.42 bits per heavy atom. The van der Waals surface area contributed by atoms with E-state index in [-0.39, 0.29) is 0 Å². The molecule has 0 saturated carbocycles. The second kappa shape index (κ2) is 10.3. The van der Waals surface area contributed by atoms with Crippen molar-refractivity contribution in [3.05, 3.63) is 57.9 Å². The molecule has 0 nitrogen and oxygen atoms in total. The van der Waals surface area contributed by atoms with Crippen LogP contribution in [-0.2, 0) is 6.42 Å². The van der Waals surface area contributed by atoms with E-state index in [1.54, 1.807) is 11.3 Å². The molecule has 3 rings (SSSR count). The van der Waals surface area contributed by atoms with Crippen LogP contribution in [0.2, 0.25) is 0 Å². The highest BCUT2D eigenvalue weighted by Gasteiger charge is 2.04. The Kier molecular flexibility index (Phi) is 7.76. The van der Waals surface area contributed by atoms with E-state index in [0.717, 1.165) is 0 Å². The van der Waals surface area contributed by atoms with Gasteiger partial charge >= 0.3 is 0 Å². The summed E-state index contributed by atoms with van der Waals surface area (Å²) in [5.74, 6) is 0. The predicted octanol–water partition coefficient (Wildman–Crippen LogP) is 9.01. The van der Waals surface area contributed by atoms with Gasteiger partial charge in [-0.1, -0.05) is 88.3 Å². The van der Waals surface area contributed by atoms with Gasteiger partial charge in [0.05, 0.1) is 0 Å². The van der Waals surface area contributed by atoms with E-state index in [4.69, 9.17) is 0 Å². The van der Waals surface area contributed by atoms with Gasteiger partial charge in [0.25, 0.3) is 0 Å². The minimum absolute atomic E-state index is 1.20. The first-order valence-electron chi connectivity index (χ1n) is 10.0. The molecule has 0 atom stereocenters. The van der Waals surface area contributed by atoms with Gasteiger partial charge in [-0.3, -0.25) is 0 Å². The summed E-state index contributed by atoms with van der Waals surface area (Å²) < 4.78 is 2.54. The smallest absolute Gasteiger partial charge is 0.0361 e. The molecule has 2 heteroatoms. The maximum atomic E-state index is 3.62. The SMILES string of the molecule is CCCCCCCCCCc1ccc(-c2ccc3c(Br)csc3c2)cc1. The van der Waals surface area contributed by atoms with Gasteiger partial charge < -0.3 is 0 Å². The highest BCUT2D eigenvalue weighted by atomic mass is 79.9. The van der Waals surface area contributed by atoms with Crippen molar-refractivity contribution >= 4 is 37.4 Å². The van der Waals surface area contributed by atoms with E-state index < -0.39 is 0 Å². The number of aryl methyl sites for hydroxylation is 1. The molecule has 0 amide bonds. The molecule has 2 aromatic carbocycles. The number of unbranched alkanes of at least 4 members (excludes halogenated alkanes) is 7. The van der Waals surface area contributed by atoms with Gasteiger partial charge in [-0.15, -0.1) is 11.3 Å². The molecule has 0 radical (unpaired) electrons. The zero-order valence-electron chi connectivity index (χ0n) is 15.8. The lowest BCUT2D eigenvalue weighted by Gasteiger charge is -2.06. The summed E-state index contributed by atoms with van der Waals surface area (Å²) in [6.07, 6.45) is 12.3. The van der Waals surface area contributed by atoms with Crippen LogP contribution in [0.4, 0.5) is 0 Å². The fraction of sp³-hybridized carbons (Fsp3) is 0.417. The lowest BCUT2D eigenvalue weighted by molar-refractivity contribution is 0.575. The highest BCUT2D eigenvalue weighted by molar-refractivity contribution is 9.10. The molecule has 26 heavy (non-hydrogen) atoms. The van der Waals surface area contributed by atoms with Crippen molar-refractivity contribution in [3.8, 4) is 11.1 Å². The molecule has 0 unspecified atom stereocenters. The number of hydrogen-bond acceptors (Lipinski definition) is 1. The molecule has 0 N–H and O–H groups in total. The Morgan fingerprint density at radius 1 is 0.769 bits per heavy atom. The van der Waals surface area contributed by atoms with Crippen molar-refractivity contribution in [2.24, 2.45) is 0 Å². The second-order valence-electron chi connectivity index (χ2n) is 7.22. The fourth-order valence-electron chi connectivity index (χ4n) is 3.50. The minimum atomic E-state index is 1.20. The summed E-state index contributed by atoms with van der Waals surface area (Å²) in [6, 6.07) is 15.9. The molecule has 1 heterocycles. The molecule has 1 aromatic heterocycles. The van der Waals surface area contributed by atoms with Gasteiger partial charge in [0.1, 0.15) is 0 Å². The summed E-state index contributed by atoms with van der Waals surface area (Å²) in [4.78, 5) is 0. The van der Waals surface area contributed by atoms with E-state index in [1.807, 2.05) is 0 Å². The number of thiophene rings is 1. The van der Waals surface area contributed by atoms with Crippen LogP contribution in [0.5, 0.6) is 0 Å². The molecular formula is C24H29BrS. The van der Waals surface area contributed by atoms with E-state index >= 15 is 0 Å². The summed E-state index contributed by atoms with van der Waals surface area (Å²) >= 11 is 5.42. The molecule has 0 aliphatic carbocycles. The van der Waals surface area contributed by atoms with Crippen molar-refractivity contribution in [1.29, 1.82) is 0 Å². The monoisotopic (exact) mass is 428 g/mol. The van der Waals surface area contributed by atoms with Crippen LogP contribution in [0.1, 0.15) is 63.9 Å². The van der Waals surface area contributed by atoms with Gasteiger partial charge in [0.15, 0.2) is 0 Å². The van der Waals surface area contributed by atoms with Gasteiger partial charge in [-0.25, -0.2) is 0 Å². The molecule has 138 valence electrons. The maximum absolute atomic E-state index is 3.62. The Hall–Kier alpha value is -1.12. The van der Waals surface area contributed by atoms with E-state index in [1.165, 1.54) is 89.0 Å². The molecule has 0 aliphatic heterocycles. The van der Waals surface area contributed by atoms with Crippen molar-refractivity contribution < 1.29 is 0 Å². The molecule has 0 spiro atoms. The zero-order chi connectivity index (χ0) is 18.2. The minimum Gasteiger partial charge on any atom is -0.143 e. The molecule has 0 bridgehead atoms. The molecule has 0 fully saturated rings. The van der Waals surface area contributed by atoms with Gasteiger partial charge in [-0.05, 0) is 51.5 Å². The van der Waals surface area contributed by atoms with Gasteiger partial charge in [-0.2, -0.15) is 0 Å². The molecule has 0 aliphatic rings. The summed E-state index contributed by atoms with van der Waals surface area (Å²) in [7, 11) is 0. The van der Waals surface area contributed by atoms with Crippen LogP contribution in [-0.4, -0.2) is 0 Å². The fourth-order valence-corrected chi connectivity index (χ4v) is 5.12. The Bertz CT molecular complexity index is 801. The highest BCUT2D eigenvalue weighted by Crippen LogP contribution is 2.33. The maximum Gasteiger partial charge on any atom is 0.0361 e. The molecule has 3 aromatic rings. The summed E-state index contributed by atoms with van der Waals surface area (Å²) in [5, 5.41) is 3.48. The molecular weight excluding hydrogens is 400 g/mol. The van der Waals surface area contributed by atoms with Gasteiger partial charge in [0, 0.05) is 19.9 Å². The quantitative estimate of drug-likeness (QED) is 0.282. The van der Waals surface area contributed by atoms with Crippen LogP contribution in [0, 0.1) is 0 Å². The zero-order valence-corrected chi connectivity index (χ0v) is 18.2. The average Bonchev–Trinajstić information content (AvgIpc) is 3.05. The lowest BCUT2D eigenvalue weighted by Crippen LogP contribution is -1.87. The predicted molar refractivity (Wildman–Crippen MR) is 121 cm³/mol. The second-order valence-corrected chi connectivity index (χ2v) is 8.98. The first kappa shape index (κ1) is 19.6. The third-order valence-electron chi connectivity index (χ3n) is 5.13. The van der Waals surface area contributed by atoms with Crippen molar-refractivity contribution in [1.82, 2.24) is 0 Å². The van der Waals surface area contributed by atoms with Crippen LogP contribution in [0.25, 0.3) is 21.2 Å². The van der Waals surface area contributed by atoms with E-state index in [9.17, 15) is 0 Å².